The molecule has 1 N–H and O–H groups in total. The summed E-state index contributed by atoms with van der Waals surface area (Å²) in [4.78, 5) is 12.0. The predicted molar refractivity (Wildman–Crippen MR) is 74.2 cm³/mol. The SMILES string of the molecule is O=C(Cn1nc(C(F)(F)F)cc1C1CC1)Nc1ccc(F)cc1F. The van der Waals surface area contributed by atoms with Crippen LogP contribution in [0.3, 0.4) is 0 Å². The number of benzene rings is 1. The minimum absolute atomic E-state index is 0.0519. The van der Waals surface area contributed by atoms with Gasteiger partial charge in [0, 0.05) is 17.7 Å². The van der Waals surface area contributed by atoms with Gasteiger partial charge in [-0.25, -0.2) is 8.78 Å². The lowest BCUT2D eigenvalue weighted by Crippen LogP contribution is -2.21. The number of amides is 1. The first-order chi connectivity index (χ1) is 11.2. The van der Waals surface area contributed by atoms with Crippen molar-refractivity contribution in [2.24, 2.45) is 0 Å². The Kier molecular flexibility index (Phi) is 4.02. The van der Waals surface area contributed by atoms with E-state index in [4.69, 9.17) is 0 Å². The normalized spacial score (nSPS) is 14.7. The van der Waals surface area contributed by atoms with Crippen molar-refractivity contribution in [3.8, 4) is 0 Å². The van der Waals surface area contributed by atoms with Crippen LogP contribution >= 0.6 is 0 Å². The van der Waals surface area contributed by atoms with Gasteiger partial charge < -0.3 is 5.32 Å². The highest BCUT2D eigenvalue weighted by Gasteiger charge is 2.38. The topological polar surface area (TPSA) is 46.9 Å². The molecule has 1 aliphatic rings. The van der Waals surface area contributed by atoms with Gasteiger partial charge in [0.05, 0.1) is 5.69 Å². The second kappa shape index (κ2) is 5.88. The minimum atomic E-state index is -4.60. The van der Waals surface area contributed by atoms with Gasteiger partial charge in [-0.2, -0.15) is 18.3 Å². The average Bonchev–Trinajstić information content (AvgIpc) is 3.22. The third-order valence-corrected chi connectivity index (χ3v) is 3.60. The van der Waals surface area contributed by atoms with Crippen LogP contribution in [0.1, 0.15) is 30.1 Å². The summed E-state index contributed by atoms with van der Waals surface area (Å²) in [5.41, 5.74) is -0.986. The standard InChI is InChI=1S/C15H12F5N3O/c16-9-3-4-11(10(17)5-9)21-14(24)7-23-12(8-1-2-8)6-13(22-23)15(18,19)20/h3-6,8H,1-2,7H2,(H,21,24). The molecule has 2 aromatic rings. The maximum atomic E-state index is 13.5. The van der Waals surface area contributed by atoms with Gasteiger partial charge in [-0.1, -0.05) is 0 Å². The summed E-state index contributed by atoms with van der Waals surface area (Å²) in [5.74, 6) is -2.58. The van der Waals surface area contributed by atoms with Crippen molar-refractivity contribution < 1.29 is 26.7 Å². The van der Waals surface area contributed by atoms with Gasteiger partial charge in [0.2, 0.25) is 5.91 Å². The number of aromatic nitrogens is 2. The lowest BCUT2D eigenvalue weighted by molar-refractivity contribution is -0.141. The third-order valence-electron chi connectivity index (χ3n) is 3.60. The van der Waals surface area contributed by atoms with Gasteiger partial charge in [0.25, 0.3) is 0 Å². The maximum absolute atomic E-state index is 13.5. The maximum Gasteiger partial charge on any atom is 0.435 e. The number of hydrogen-bond acceptors (Lipinski definition) is 2. The highest BCUT2D eigenvalue weighted by atomic mass is 19.4. The van der Waals surface area contributed by atoms with Crippen LogP contribution in [0.5, 0.6) is 0 Å². The van der Waals surface area contributed by atoms with E-state index in [0.717, 1.165) is 35.7 Å². The van der Waals surface area contributed by atoms with Crippen LogP contribution in [0.2, 0.25) is 0 Å². The highest BCUT2D eigenvalue weighted by Crippen LogP contribution is 2.42. The summed E-state index contributed by atoms with van der Waals surface area (Å²) in [6.45, 7) is -0.487. The fourth-order valence-electron chi connectivity index (χ4n) is 2.32. The van der Waals surface area contributed by atoms with Crippen LogP contribution < -0.4 is 5.32 Å². The molecule has 4 nitrogen and oxygen atoms in total. The molecule has 1 heterocycles. The Bertz CT molecular complexity index is 780. The molecule has 1 saturated carbocycles. The van der Waals surface area contributed by atoms with Crippen molar-refractivity contribution in [3.05, 3.63) is 47.3 Å². The van der Waals surface area contributed by atoms with Crippen LogP contribution in [0.4, 0.5) is 27.6 Å². The van der Waals surface area contributed by atoms with E-state index in [1.807, 2.05) is 0 Å². The molecular formula is C15H12F5N3O. The first kappa shape index (κ1) is 16.4. The zero-order valence-corrected chi connectivity index (χ0v) is 12.2. The van der Waals surface area contributed by atoms with Crippen LogP contribution in [0, 0.1) is 11.6 Å². The van der Waals surface area contributed by atoms with Crippen LogP contribution in [-0.2, 0) is 17.5 Å². The molecule has 0 saturated heterocycles. The number of hydrogen-bond donors (Lipinski definition) is 1. The molecule has 1 fully saturated rings. The number of carbonyl (C=O) groups excluding carboxylic acids is 1. The van der Waals surface area contributed by atoms with E-state index in [1.54, 1.807) is 0 Å². The molecular weight excluding hydrogens is 333 g/mol. The van der Waals surface area contributed by atoms with Crippen molar-refractivity contribution in [3.63, 3.8) is 0 Å². The number of anilines is 1. The Morgan fingerprint density at radius 2 is 1.96 bits per heavy atom. The second-order valence-corrected chi connectivity index (χ2v) is 5.56. The predicted octanol–water partition coefficient (Wildman–Crippen LogP) is 3.70. The Morgan fingerprint density at radius 1 is 1.25 bits per heavy atom. The Labute approximate surface area is 133 Å². The summed E-state index contributed by atoms with van der Waals surface area (Å²) in [7, 11) is 0. The van der Waals surface area contributed by atoms with E-state index in [0.29, 0.717) is 11.8 Å². The Morgan fingerprint density at radius 3 is 2.54 bits per heavy atom. The molecule has 1 aromatic heterocycles. The lowest BCUT2D eigenvalue weighted by Gasteiger charge is -2.09. The van der Waals surface area contributed by atoms with Gasteiger partial charge >= 0.3 is 6.18 Å². The fourth-order valence-corrected chi connectivity index (χ4v) is 2.32. The number of nitrogens with one attached hydrogen (secondary N) is 1. The Balaban J connectivity index is 1.77. The molecule has 9 heteroatoms. The summed E-state index contributed by atoms with van der Waals surface area (Å²) in [6.07, 6.45) is -3.14. The monoisotopic (exact) mass is 345 g/mol. The molecule has 1 amide bonds. The molecule has 0 bridgehead atoms. The quantitative estimate of drug-likeness (QED) is 0.859. The smallest absolute Gasteiger partial charge is 0.322 e. The molecule has 1 aromatic carbocycles. The van der Waals surface area contributed by atoms with Crippen LogP contribution in [0.25, 0.3) is 0 Å². The highest BCUT2D eigenvalue weighted by molar-refractivity contribution is 5.90. The van der Waals surface area contributed by atoms with Gasteiger partial charge in [-0.15, -0.1) is 0 Å². The summed E-state index contributed by atoms with van der Waals surface area (Å²) < 4.78 is 65.6. The van der Waals surface area contributed by atoms with E-state index in [2.05, 4.69) is 10.4 Å². The lowest BCUT2D eigenvalue weighted by atomic mass is 10.2. The minimum Gasteiger partial charge on any atom is -0.322 e. The number of carbonyl (C=O) groups is 1. The molecule has 0 spiro atoms. The molecule has 0 radical (unpaired) electrons. The van der Waals surface area contributed by atoms with Crippen molar-refractivity contribution >= 4 is 11.6 Å². The number of rotatable bonds is 4. The third kappa shape index (κ3) is 3.55. The van der Waals surface area contributed by atoms with E-state index < -0.39 is 36.0 Å². The summed E-state index contributed by atoms with van der Waals surface area (Å²) in [6, 6.07) is 3.53. The van der Waals surface area contributed by atoms with Gasteiger partial charge in [-0.3, -0.25) is 9.48 Å². The number of alkyl halides is 3. The summed E-state index contributed by atoms with van der Waals surface area (Å²) >= 11 is 0. The first-order valence-electron chi connectivity index (χ1n) is 7.14. The number of halogens is 5. The van der Waals surface area contributed by atoms with Gasteiger partial charge in [0.15, 0.2) is 5.69 Å². The summed E-state index contributed by atoms with van der Waals surface area (Å²) in [5, 5.41) is 5.64. The van der Waals surface area contributed by atoms with Gasteiger partial charge in [0.1, 0.15) is 18.2 Å². The van der Waals surface area contributed by atoms with E-state index in [-0.39, 0.29) is 11.6 Å². The fraction of sp³-hybridized carbons (Fsp3) is 0.333. The molecule has 0 unspecified atom stereocenters. The van der Waals surface area contributed by atoms with E-state index in [1.165, 1.54) is 0 Å². The van der Waals surface area contributed by atoms with Crippen LogP contribution in [0.15, 0.2) is 24.3 Å². The molecule has 3 rings (SSSR count). The average molecular weight is 345 g/mol. The first-order valence-corrected chi connectivity index (χ1v) is 7.14. The van der Waals surface area contributed by atoms with E-state index >= 15 is 0 Å². The van der Waals surface area contributed by atoms with Crippen molar-refractivity contribution in [2.45, 2.75) is 31.5 Å². The molecule has 0 aliphatic heterocycles. The van der Waals surface area contributed by atoms with E-state index in [9.17, 15) is 26.7 Å². The molecule has 24 heavy (non-hydrogen) atoms. The van der Waals surface area contributed by atoms with Gasteiger partial charge in [-0.05, 0) is 31.0 Å². The molecule has 0 atom stereocenters. The van der Waals surface area contributed by atoms with Crippen molar-refractivity contribution in [2.75, 3.05) is 5.32 Å². The zero-order chi connectivity index (χ0) is 17.5. The zero-order valence-electron chi connectivity index (χ0n) is 12.2. The Hall–Kier alpha value is -2.45. The van der Waals surface area contributed by atoms with Crippen LogP contribution in [-0.4, -0.2) is 15.7 Å². The molecule has 1 aliphatic carbocycles. The van der Waals surface area contributed by atoms with Crippen molar-refractivity contribution in [1.82, 2.24) is 9.78 Å². The number of nitrogens with zero attached hydrogens (tertiary/aromatic N) is 2. The second-order valence-electron chi connectivity index (χ2n) is 5.56. The molecule has 128 valence electrons. The largest absolute Gasteiger partial charge is 0.435 e. The van der Waals surface area contributed by atoms with Crippen molar-refractivity contribution in [1.29, 1.82) is 0 Å².